The van der Waals surface area contributed by atoms with E-state index in [-0.39, 0.29) is 5.75 Å². The van der Waals surface area contributed by atoms with Gasteiger partial charge in [-0.25, -0.2) is 8.78 Å². The predicted octanol–water partition coefficient (Wildman–Crippen LogP) is 5.15. The quantitative estimate of drug-likeness (QED) is 0.771. The summed E-state index contributed by atoms with van der Waals surface area (Å²) in [6.07, 6.45) is 0. The molecule has 0 unspecified atom stereocenters. The average molecular weight is 295 g/mol. The first kappa shape index (κ1) is 14.7. The molecule has 0 aliphatic rings. The second-order valence-electron chi connectivity index (χ2n) is 4.19. The van der Waals surface area contributed by atoms with Crippen LogP contribution in [0.1, 0.15) is 12.5 Å². The maximum atomic E-state index is 13.5. The van der Waals surface area contributed by atoms with Crippen LogP contribution in [-0.4, -0.2) is 5.75 Å². The molecule has 2 aromatic rings. The summed E-state index contributed by atoms with van der Waals surface area (Å²) in [5.74, 6) is 0.175. The molecule has 0 fully saturated rings. The Hall–Kier alpha value is -1.75. The molecule has 2 aromatic carbocycles. The lowest BCUT2D eigenvalue weighted by atomic mass is 10.2. The Morgan fingerprint density at radius 3 is 2.50 bits per heavy atom. The van der Waals surface area contributed by atoms with Crippen LogP contribution in [0.15, 0.2) is 36.4 Å². The molecule has 2 nitrogen and oxygen atoms in total. The van der Waals surface area contributed by atoms with Gasteiger partial charge < -0.3 is 9.46 Å². The lowest BCUT2D eigenvalue weighted by Gasteiger charge is -2.11. The van der Waals surface area contributed by atoms with Crippen molar-refractivity contribution in [3.63, 3.8) is 0 Å². The summed E-state index contributed by atoms with van der Waals surface area (Å²) in [5.41, 5.74) is 1.83. The Morgan fingerprint density at radius 2 is 1.85 bits per heavy atom. The van der Waals surface area contributed by atoms with E-state index in [4.69, 9.17) is 4.74 Å². The monoisotopic (exact) mass is 295 g/mol. The van der Waals surface area contributed by atoms with Gasteiger partial charge in [-0.1, -0.05) is 18.9 Å². The third kappa shape index (κ3) is 3.63. The number of benzene rings is 2. The molecule has 2 rings (SSSR count). The fourth-order valence-electron chi connectivity index (χ4n) is 1.66. The van der Waals surface area contributed by atoms with E-state index >= 15 is 0 Å². The second-order valence-corrected chi connectivity index (χ2v) is 5.26. The Balaban J connectivity index is 2.17. The number of hydrogen-bond donors (Lipinski definition) is 1. The zero-order valence-corrected chi connectivity index (χ0v) is 12.1. The molecular weight excluding hydrogens is 280 g/mol. The van der Waals surface area contributed by atoms with Crippen molar-refractivity contribution >= 4 is 17.6 Å². The molecule has 0 atom stereocenters. The molecule has 1 N–H and O–H groups in total. The van der Waals surface area contributed by atoms with E-state index < -0.39 is 11.6 Å². The van der Waals surface area contributed by atoms with Crippen molar-refractivity contribution in [3.05, 3.63) is 53.6 Å². The van der Waals surface area contributed by atoms with Crippen LogP contribution in [0.2, 0.25) is 0 Å². The van der Waals surface area contributed by atoms with Gasteiger partial charge in [-0.15, -0.1) is 0 Å². The molecule has 20 heavy (non-hydrogen) atoms. The Labute approximate surface area is 121 Å². The van der Waals surface area contributed by atoms with Gasteiger partial charge in [0.25, 0.3) is 0 Å². The van der Waals surface area contributed by atoms with E-state index in [1.54, 1.807) is 18.0 Å². The van der Waals surface area contributed by atoms with Crippen molar-refractivity contribution in [1.29, 1.82) is 0 Å². The molecule has 0 bridgehead atoms. The molecular formula is C15H15F2NOS. The van der Waals surface area contributed by atoms with Crippen molar-refractivity contribution in [2.75, 3.05) is 10.5 Å². The van der Waals surface area contributed by atoms with Gasteiger partial charge in [-0.05, 0) is 42.8 Å². The largest absolute Gasteiger partial charge is 0.454 e. The standard InChI is InChI=1S/C15H15F2NOS/c1-3-20-18-12-5-7-14(10(2)8-12)19-15-6-4-11(16)9-13(15)17/h4-9,18H,3H2,1-2H3. The maximum absolute atomic E-state index is 13.5. The Morgan fingerprint density at radius 1 is 1.10 bits per heavy atom. The van der Waals surface area contributed by atoms with E-state index in [0.29, 0.717) is 5.75 Å². The van der Waals surface area contributed by atoms with E-state index in [0.717, 1.165) is 23.1 Å². The summed E-state index contributed by atoms with van der Waals surface area (Å²) in [6.45, 7) is 3.93. The predicted molar refractivity (Wildman–Crippen MR) is 79.4 cm³/mol. The summed E-state index contributed by atoms with van der Waals surface area (Å²) in [6, 6.07) is 8.78. The minimum absolute atomic E-state index is 0.0122. The average Bonchev–Trinajstić information content (AvgIpc) is 2.42. The SMILES string of the molecule is CCSNc1ccc(Oc2ccc(F)cc2F)c(C)c1. The first-order chi connectivity index (χ1) is 9.60. The number of anilines is 1. The van der Waals surface area contributed by atoms with Crippen LogP contribution in [-0.2, 0) is 0 Å². The number of hydrogen-bond acceptors (Lipinski definition) is 3. The third-order valence-corrected chi connectivity index (χ3v) is 3.29. The number of rotatable bonds is 5. The van der Waals surface area contributed by atoms with Crippen LogP contribution >= 0.6 is 11.9 Å². The zero-order valence-electron chi connectivity index (χ0n) is 11.2. The molecule has 0 amide bonds. The van der Waals surface area contributed by atoms with Crippen LogP contribution in [0.5, 0.6) is 11.5 Å². The van der Waals surface area contributed by atoms with E-state index in [1.165, 1.54) is 12.1 Å². The van der Waals surface area contributed by atoms with Gasteiger partial charge in [0, 0.05) is 17.5 Å². The minimum atomic E-state index is -0.715. The van der Waals surface area contributed by atoms with Crippen LogP contribution in [0, 0.1) is 18.6 Å². The van der Waals surface area contributed by atoms with Crippen molar-refractivity contribution in [2.45, 2.75) is 13.8 Å². The number of halogens is 2. The maximum Gasteiger partial charge on any atom is 0.168 e. The Kier molecular flexibility index (Phi) is 4.84. The number of ether oxygens (including phenoxy) is 1. The molecule has 5 heteroatoms. The van der Waals surface area contributed by atoms with Crippen LogP contribution in [0.25, 0.3) is 0 Å². The number of nitrogens with one attached hydrogen (secondary N) is 1. The van der Waals surface area contributed by atoms with Crippen molar-refractivity contribution in [3.8, 4) is 11.5 Å². The minimum Gasteiger partial charge on any atom is -0.454 e. The highest BCUT2D eigenvalue weighted by Crippen LogP contribution is 2.29. The highest BCUT2D eigenvalue weighted by Gasteiger charge is 2.08. The molecule has 0 heterocycles. The molecule has 0 aliphatic heterocycles. The van der Waals surface area contributed by atoms with Crippen LogP contribution in [0.3, 0.4) is 0 Å². The first-order valence-corrected chi connectivity index (χ1v) is 7.20. The summed E-state index contributed by atoms with van der Waals surface area (Å²) in [5, 5.41) is 0. The molecule has 0 aromatic heterocycles. The van der Waals surface area contributed by atoms with Gasteiger partial charge in [0.05, 0.1) is 0 Å². The summed E-state index contributed by atoms with van der Waals surface area (Å²) >= 11 is 1.59. The van der Waals surface area contributed by atoms with Gasteiger partial charge in [0.2, 0.25) is 0 Å². The Bertz CT molecular complexity index is 604. The summed E-state index contributed by atoms with van der Waals surface area (Å²) in [7, 11) is 0. The molecule has 106 valence electrons. The molecule has 0 saturated heterocycles. The zero-order chi connectivity index (χ0) is 14.5. The van der Waals surface area contributed by atoms with Crippen molar-refractivity contribution in [1.82, 2.24) is 0 Å². The summed E-state index contributed by atoms with van der Waals surface area (Å²) in [4.78, 5) is 0. The van der Waals surface area contributed by atoms with E-state index in [2.05, 4.69) is 11.6 Å². The summed E-state index contributed by atoms with van der Waals surface area (Å²) < 4.78 is 35.0. The van der Waals surface area contributed by atoms with Crippen LogP contribution in [0.4, 0.5) is 14.5 Å². The fraction of sp³-hybridized carbons (Fsp3) is 0.200. The number of aryl methyl sites for hydroxylation is 1. The van der Waals surface area contributed by atoms with Gasteiger partial charge in [-0.3, -0.25) is 0 Å². The lowest BCUT2D eigenvalue weighted by molar-refractivity contribution is 0.435. The molecule has 0 radical (unpaired) electrons. The van der Waals surface area contributed by atoms with Gasteiger partial charge in [0.15, 0.2) is 11.6 Å². The van der Waals surface area contributed by atoms with Crippen molar-refractivity contribution in [2.24, 2.45) is 0 Å². The third-order valence-electron chi connectivity index (χ3n) is 2.62. The van der Waals surface area contributed by atoms with Crippen molar-refractivity contribution < 1.29 is 13.5 Å². The smallest absolute Gasteiger partial charge is 0.168 e. The van der Waals surface area contributed by atoms with E-state index in [1.807, 2.05) is 19.1 Å². The van der Waals surface area contributed by atoms with Crippen LogP contribution < -0.4 is 9.46 Å². The second kappa shape index (κ2) is 6.61. The lowest BCUT2D eigenvalue weighted by Crippen LogP contribution is -1.93. The normalized spacial score (nSPS) is 10.4. The topological polar surface area (TPSA) is 21.3 Å². The fourth-order valence-corrected chi connectivity index (χ4v) is 2.10. The molecule has 0 saturated carbocycles. The van der Waals surface area contributed by atoms with Gasteiger partial charge in [-0.2, -0.15) is 0 Å². The first-order valence-electron chi connectivity index (χ1n) is 6.21. The van der Waals surface area contributed by atoms with Gasteiger partial charge >= 0.3 is 0 Å². The highest BCUT2D eigenvalue weighted by atomic mass is 32.2. The van der Waals surface area contributed by atoms with E-state index in [9.17, 15) is 8.78 Å². The highest BCUT2D eigenvalue weighted by molar-refractivity contribution is 8.00. The molecule has 0 spiro atoms. The van der Waals surface area contributed by atoms with Gasteiger partial charge in [0.1, 0.15) is 11.6 Å². The molecule has 0 aliphatic carbocycles.